The van der Waals surface area contributed by atoms with Gasteiger partial charge in [-0.15, -0.1) is 0 Å². The summed E-state index contributed by atoms with van der Waals surface area (Å²) in [6.07, 6.45) is 2.05. The monoisotopic (exact) mass is 230 g/mol. The van der Waals surface area contributed by atoms with Crippen LogP contribution in [0.25, 0.3) is 0 Å². The molecule has 0 saturated carbocycles. The van der Waals surface area contributed by atoms with E-state index >= 15 is 0 Å². The molecule has 1 fully saturated rings. The normalized spacial score (nSPS) is 21.4. The molecule has 0 bridgehead atoms. The largest absolute Gasteiger partial charge is 0.394 e. The zero-order valence-corrected chi connectivity index (χ0v) is 9.87. The van der Waals surface area contributed by atoms with E-state index in [0.29, 0.717) is 32.6 Å². The topological polar surface area (TPSA) is 84.6 Å². The van der Waals surface area contributed by atoms with Crippen molar-refractivity contribution in [2.24, 2.45) is 11.1 Å². The Morgan fingerprint density at radius 3 is 2.62 bits per heavy atom. The molecule has 0 radical (unpaired) electrons. The Kier molecular flexibility index (Phi) is 5.18. The van der Waals surface area contributed by atoms with Crippen molar-refractivity contribution in [1.29, 1.82) is 0 Å². The number of aliphatic hydroxyl groups excluding tert-OH is 1. The van der Waals surface area contributed by atoms with Gasteiger partial charge in [0.15, 0.2) is 0 Å². The average molecular weight is 230 g/mol. The van der Waals surface area contributed by atoms with Gasteiger partial charge in [0.2, 0.25) is 5.91 Å². The first kappa shape index (κ1) is 13.4. The summed E-state index contributed by atoms with van der Waals surface area (Å²) in [5.74, 6) is -0.0424. The van der Waals surface area contributed by atoms with Crippen LogP contribution in [-0.4, -0.2) is 43.4 Å². The van der Waals surface area contributed by atoms with Crippen molar-refractivity contribution in [3.63, 3.8) is 0 Å². The second-order valence-electron chi connectivity index (χ2n) is 4.36. The van der Waals surface area contributed by atoms with Crippen LogP contribution in [0.15, 0.2) is 0 Å². The predicted octanol–water partition coefficient (Wildman–Crippen LogP) is -0.371. The van der Waals surface area contributed by atoms with Crippen molar-refractivity contribution in [3.8, 4) is 0 Å². The van der Waals surface area contributed by atoms with E-state index in [-0.39, 0.29) is 18.6 Å². The van der Waals surface area contributed by atoms with Crippen LogP contribution < -0.4 is 11.1 Å². The van der Waals surface area contributed by atoms with Crippen molar-refractivity contribution >= 4 is 5.91 Å². The van der Waals surface area contributed by atoms with Crippen LogP contribution in [0.5, 0.6) is 0 Å². The van der Waals surface area contributed by atoms with E-state index in [2.05, 4.69) is 5.32 Å². The highest BCUT2D eigenvalue weighted by molar-refractivity contribution is 5.83. The van der Waals surface area contributed by atoms with E-state index in [9.17, 15) is 4.79 Å². The summed E-state index contributed by atoms with van der Waals surface area (Å²) in [6, 6.07) is -0.168. The van der Waals surface area contributed by atoms with Crippen molar-refractivity contribution in [2.45, 2.75) is 32.2 Å². The number of aliphatic hydroxyl groups is 1. The summed E-state index contributed by atoms with van der Waals surface area (Å²) in [5, 5.41) is 11.9. The number of rotatable bonds is 5. The molecule has 0 aliphatic carbocycles. The van der Waals surface area contributed by atoms with Crippen LogP contribution in [0.4, 0.5) is 0 Å². The maximum atomic E-state index is 12.1. The highest BCUT2D eigenvalue weighted by Gasteiger charge is 2.39. The zero-order chi connectivity index (χ0) is 12.0. The van der Waals surface area contributed by atoms with Crippen LogP contribution in [0.3, 0.4) is 0 Å². The van der Waals surface area contributed by atoms with Crippen LogP contribution in [0, 0.1) is 5.41 Å². The van der Waals surface area contributed by atoms with Gasteiger partial charge in [0, 0.05) is 19.8 Å². The van der Waals surface area contributed by atoms with Gasteiger partial charge >= 0.3 is 0 Å². The summed E-state index contributed by atoms with van der Waals surface area (Å²) in [4.78, 5) is 12.1. The Labute approximate surface area is 96.3 Å². The number of ether oxygens (including phenoxy) is 1. The van der Waals surface area contributed by atoms with E-state index in [0.717, 1.165) is 6.42 Å². The van der Waals surface area contributed by atoms with Crippen molar-refractivity contribution in [2.75, 3.05) is 26.4 Å². The highest BCUT2D eigenvalue weighted by atomic mass is 16.5. The van der Waals surface area contributed by atoms with Gasteiger partial charge in [0.1, 0.15) is 0 Å². The molecular weight excluding hydrogens is 208 g/mol. The second kappa shape index (κ2) is 6.18. The van der Waals surface area contributed by atoms with E-state index in [1.165, 1.54) is 0 Å². The zero-order valence-electron chi connectivity index (χ0n) is 9.87. The number of nitrogens with two attached hydrogens (primary N) is 1. The summed E-state index contributed by atoms with van der Waals surface area (Å²) in [5.41, 5.74) is 5.22. The van der Waals surface area contributed by atoms with E-state index in [1.54, 1.807) is 0 Å². The summed E-state index contributed by atoms with van der Waals surface area (Å²) in [7, 11) is 0. The van der Waals surface area contributed by atoms with Gasteiger partial charge in [-0.25, -0.2) is 0 Å². The molecule has 1 saturated heterocycles. The van der Waals surface area contributed by atoms with Crippen molar-refractivity contribution in [1.82, 2.24) is 5.32 Å². The maximum Gasteiger partial charge on any atom is 0.227 e. The van der Waals surface area contributed by atoms with Gasteiger partial charge in [-0.3, -0.25) is 4.79 Å². The number of carbonyl (C=O) groups is 1. The van der Waals surface area contributed by atoms with Gasteiger partial charge in [0.25, 0.3) is 0 Å². The molecule has 1 aliphatic heterocycles. The second-order valence-corrected chi connectivity index (χ2v) is 4.36. The predicted molar refractivity (Wildman–Crippen MR) is 60.8 cm³/mol. The molecule has 16 heavy (non-hydrogen) atoms. The molecule has 1 atom stereocenters. The molecular formula is C11H22N2O3. The van der Waals surface area contributed by atoms with E-state index in [4.69, 9.17) is 15.6 Å². The smallest absolute Gasteiger partial charge is 0.227 e. The number of nitrogens with one attached hydrogen (secondary N) is 1. The van der Waals surface area contributed by atoms with Crippen molar-refractivity contribution < 1.29 is 14.6 Å². The molecule has 1 heterocycles. The lowest BCUT2D eigenvalue weighted by atomic mass is 9.79. The molecule has 0 aromatic rings. The fourth-order valence-corrected chi connectivity index (χ4v) is 1.90. The lowest BCUT2D eigenvalue weighted by molar-refractivity contribution is -0.137. The van der Waals surface area contributed by atoms with Gasteiger partial charge in [-0.2, -0.15) is 0 Å². The lowest BCUT2D eigenvalue weighted by Gasteiger charge is -2.35. The molecule has 5 nitrogen and oxygen atoms in total. The van der Waals surface area contributed by atoms with Crippen LogP contribution >= 0.6 is 0 Å². The first-order chi connectivity index (χ1) is 7.68. The van der Waals surface area contributed by atoms with Crippen molar-refractivity contribution in [3.05, 3.63) is 0 Å². The molecule has 0 unspecified atom stereocenters. The van der Waals surface area contributed by atoms with E-state index in [1.807, 2.05) is 6.92 Å². The standard InChI is InChI=1S/C11H22N2O3/c1-2-9(7-14)13-10(15)11(8-12)3-5-16-6-4-11/h9,14H,2-8,12H2,1H3,(H,13,15)/t9-/m0/s1. The minimum absolute atomic E-state index is 0.0284. The first-order valence-corrected chi connectivity index (χ1v) is 5.88. The number of hydrogen-bond acceptors (Lipinski definition) is 4. The van der Waals surface area contributed by atoms with Gasteiger partial charge in [-0.05, 0) is 19.3 Å². The Hall–Kier alpha value is -0.650. The summed E-state index contributed by atoms with van der Waals surface area (Å²) >= 11 is 0. The van der Waals surface area contributed by atoms with Crippen LogP contribution in [0.2, 0.25) is 0 Å². The Morgan fingerprint density at radius 2 is 2.19 bits per heavy atom. The van der Waals surface area contributed by atoms with Crippen LogP contribution in [0.1, 0.15) is 26.2 Å². The van der Waals surface area contributed by atoms with Crippen LogP contribution in [-0.2, 0) is 9.53 Å². The number of amides is 1. The van der Waals surface area contributed by atoms with Gasteiger partial charge < -0.3 is 20.9 Å². The molecule has 1 rings (SSSR count). The fourth-order valence-electron chi connectivity index (χ4n) is 1.90. The molecule has 1 amide bonds. The quantitative estimate of drug-likeness (QED) is 0.601. The van der Waals surface area contributed by atoms with E-state index < -0.39 is 5.41 Å². The number of carbonyl (C=O) groups excluding carboxylic acids is 1. The summed E-state index contributed by atoms with van der Waals surface area (Å²) in [6.45, 7) is 3.41. The lowest BCUT2D eigenvalue weighted by Crippen LogP contribution is -2.52. The highest BCUT2D eigenvalue weighted by Crippen LogP contribution is 2.29. The molecule has 0 aromatic carbocycles. The molecule has 0 aromatic heterocycles. The fraction of sp³-hybridized carbons (Fsp3) is 0.909. The Bertz CT molecular complexity index is 223. The third kappa shape index (κ3) is 2.93. The first-order valence-electron chi connectivity index (χ1n) is 5.88. The Balaban J connectivity index is 2.61. The molecule has 0 spiro atoms. The maximum absolute atomic E-state index is 12.1. The van der Waals surface area contributed by atoms with Gasteiger partial charge in [0.05, 0.1) is 18.1 Å². The molecule has 94 valence electrons. The summed E-state index contributed by atoms with van der Waals surface area (Å²) < 4.78 is 5.25. The SMILES string of the molecule is CC[C@@H](CO)NC(=O)C1(CN)CCOCC1. The molecule has 4 N–H and O–H groups in total. The average Bonchev–Trinajstić information content (AvgIpc) is 2.36. The third-order valence-electron chi connectivity index (χ3n) is 3.37. The minimum Gasteiger partial charge on any atom is -0.394 e. The Morgan fingerprint density at radius 1 is 1.56 bits per heavy atom. The molecule has 5 heteroatoms. The number of hydrogen-bond donors (Lipinski definition) is 3. The van der Waals surface area contributed by atoms with Gasteiger partial charge in [-0.1, -0.05) is 6.92 Å². The third-order valence-corrected chi connectivity index (χ3v) is 3.37. The molecule has 1 aliphatic rings. The minimum atomic E-state index is -0.499.